The van der Waals surface area contributed by atoms with E-state index in [1.165, 1.54) is 13.2 Å². The van der Waals surface area contributed by atoms with Crippen LogP contribution in [0.4, 0.5) is 16.2 Å². The first kappa shape index (κ1) is 17.5. The van der Waals surface area contributed by atoms with Crippen LogP contribution in [0.25, 0.3) is 0 Å². The van der Waals surface area contributed by atoms with Gasteiger partial charge in [0.1, 0.15) is 6.04 Å². The third-order valence-electron chi connectivity index (χ3n) is 4.12. The highest BCUT2D eigenvalue weighted by molar-refractivity contribution is 6.02. The predicted molar refractivity (Wildman–Crippen MR) is 97.1 cm³/mol. The summed E-state index contributed by atoms with van der Waals surface area (Å²) in [6.07, 6.45) is 0.531. The lowest BCUT2D eigenvalue weighted by molar-refractivity contribution is -0.118. The molecule has 26 heavy (non-hydrogen) atoms. The predicted octanol–water partition coefficient (Wildman–Crippen LogP) is 2.40. The van der Waals surface area contributed by atoms with Gasteiger partial charge in [-0.3, -0.25) is 4.79 Å². The van der Waals surface area contributed by atoms with Crippen LogP contribution in [-0.4, -0.2) is 37.6 Å². The lowest BCUT2D eigenvalue weighted by atomic mass is 10.2. The summed E-state index contributed by atoms with van der Waals surface area (Å²) in [6, 6.07) is 14.6. The number of rotatable bonds is 4. The Morgan fingerprint density at radius 2 is 1.88 bits per heavy atom. The Balaban J connectivity index is 1.61. The van der Waals surface area contributed by atoms with E-state index in [4.69, 9.17) is 0 Å². The van der Waals surface area contributed by atoms with Crippen molar-refractivity contribution in [2.75, 3.05) is 23.9 Å². The number of methoxy groups -OCH3 is 1. The van der Waals surface area contributed by atoms with Crippen molar-refractivity contribution in [2.45, 2.75) is 12.5 Å². The highest BCUT2D eigenvalue weighted by Gasteiger charge is 2.33. The maximum Gasteiger partial charge on any atom is 0.337 e. The monoisotopic (exact) mass is 353 g/mol. The number of hydrogen-bond acceptors (Lipinski definition) is 4. The van der Waals surface area contributed by atoms with Crippen molar-refractivity contribution >= 4 is 29.3 Å². The summed E-state index contributed by atoms with van der Waals surface area (Å²) in [5, 5.41) is 5.32. The molecule has 3 rings (SSSR count). The van der Waals surface area contributed by atoms with Gasteiger partial charge >= 0.3 is 12.0 Å². The fourth-order valence-corrected chi connectivity index (χ4v) is 2.85. The molecule has 1 atom stereocenters. The Hall–Kier alpha value is -3.35. The summed E-state index contributed by atoms with van der Waals surface area (Å²) in [5.74, 6) is -0.631. The van der Waals surface area contributed by atoms with Gasteiger partial charge in [0.05, 0.1) is 12.7 Å². The van der Waals surface area contributed by atoms with Crippen LogP contribution in [0.2, 0.25) is 0 Å². The fourth-order valence-electron chi connectivity index (χ4n) is 2.85. The van der Waals surface area contributed by atoms with Crippen molar-refractivity contribution in [1.29, 1.82) is 0 Å². The van der Waals surface area contributed by atoms with Crippen molar-refractivity contribution < 1.29 is 19.1 Å². The number of nitrogens with zero attached hydrogens (tertiary/aromatic N) is 1. The smallest absolute Gasteiger partial charge is 0.337 e. The first-order chi connectivity index (χ1) is 12.6. The van der Waals surface area contributed by atoms with Crippen LogP contribution in [0.3, 0.4) is 0 Å². The first-order valence-electron chi connectivity index (χ1n) is 8.21. The third-order valence-corrected chi connectivity index (χ3v) is 4.12. The molecule has 0 radical (unpaired) electrons. The topological polar surface area (TPSA) is 87.7 Å². The van der Waals surface area contributed by atoms with Crippen LogP contribution < -0.4 is 15.5 Å². The van der Waals surface area contributed by atoms with E-state index in [-0.39, 0.29) is 5.91 Å². The van der Waals surface area contributed by atoms with Gasteiger partial charge in [0.2, 0.25) is 5.91 Å². The number of esters is 1. The van der Waals surface area contributed by atoms with E-state index in [9.17, 15) is 14.4 Å². The summed E-state index contributed by atoms with van der Waals surface area (Å²) in [6.45, 7) is 0.547. The minimum absolute atomic E-state index is 0.144. The van der Waals surface area contributed by atoms with Crippen molar-refractivity contribution in [3.05, 3.63) is 60.2 Å². The molecule has 0 aromatic heterocycles. The van der Waals surface area contributed by atoms with Gasteiger partial charge in [-0.15, -0.1) is 0 Å². The first-order valence-corrected chi connectivity index (χ1v) is 8.21. The van der Waals surface area contributed by atoms with Crippen LogP contribution in [0.1, 0.15) is 16.8 Å². The molecule has 1 fully saturated rings. The molecule has 0 aliphatic carbocycles. The van der Waals surface area contributed by atoms with Crippen LogP contribution in [0.5, 0.6) is 0 Å². The van der Waals surface area contributed by atoms with Crippen LogP contribution >= 0.6 is 0 Å². The van der Waals surface area contributed by atoms with Gasteiger partial charge in [-0.05, 0) is 36.8 Å². The number of nitrogens with one attached hydrogen (secondary N) is 2. The lowest BCUT2D eigenvalue weighted by Crippen LogP contribution is -2.43. The molecule has 1 saturated heterocycles. The Kier molecular flexibility index (Phi) is 5.17. The normalized spacial score (nSPS) is 16.3. The number of urea groups is 1. The second kappa shape index (κ2) is 7.69. The van der Waals surface area contributed by atoms with E-state index in [2.05, 4.69) is 15.4 Å². The molecule has 134 valence electrons. The highest BCUT2D eigenvalue weighted by Crippen LogP contribution is 2.21. The van der Waals surface area contributed by atoms with Gasteiger partial charge in [-0.2, -0.15) is 0 Å². The van der Waals surface area contributed by atoms with E-state index >= 15 is 0 Å². The van der Waals surface area contributed by atoms with Crippen LogP contribution in [0, 0.1) is 0 Å². The second-order valence-corrected chi connectivity index (χ2v) is 5.84. The number of para-hydroxylation sites is 1. The maximum absolute atomic E-state index is 12.5. The molecule has 0 saturated carbocycles. The van der Waals surface area contributed by atoms with Crippen molar-refractivity contribution in [3.63, 3.8) is 0 Å². The Labute approximate surface area is 150 Å². The molecule has 7 nitrogen and oxygen atoms in total. The van der Waals surface area contributed by atoms with E-state index in [0.717, 1.165) is 5.69 Å². The van der Waals surface area contributed by atoms with E-state index in [1.807, 2.05) is 30.3 Å². The average molecular weight is 353 g/mol. The molecule has 2 N–H and O–H groups in total. The molecule has 2 aromatic carbocycles. The van der Waals surface area contributed by atoms with Crippen LogP contribution in [-0.2, 0) is 9.53 Å². The van der Waals surface area contributed by atoms with Crippen LogP contribution in [0.15, 0.2) is 54.6 Å². The number of ether oxygens (including phenoxy) is 1. The molecular weight excluding hydrogens is 334 g/mol. The Morgan fingerprint density at radius 1 is 1.12 bits per heavy atom. The number of hydrogen-bond donors (Lipinski definition) is 2. The Bertz CT molecular complexity index is 823. The molecule has 1 aliphatic heterocycles. The summed E-state index contributed by atoms with van der Waals surface area (Å²) >= 11 is 0. The maximum atomic E-state index is 12.5. The fraction of sp³-hybridized carbons (Fsp3) is 0.211. The van der Waals surface area contributed by atoms with Crippen molar-refractivity contribution in [3.8, 4) is 0 Å². The summed E-state index contributed by atoms with van der Waals surface area (Å²) < 4.78 is 4.65. The number of benzene rings is 2. The van der Waals surface area contributed by atoms with Crippen molar-refractivity contribution in [2.24, 2.45) is 0 Å². The highest BCUT2D eigenvalue weighted by atomic mass is 16.5. The van der Waals surface area contributed by atoms with Gasteiger partial charge in [0.25, 0.3) is 0 Å². The molecule has 1 heterocycles. The summed E-state index contributed by atoms with van der Waals surface area (Å²) in [5.41, 5.74) is 1.58. The zero-order valence-corrected chi connectivity index (χ0v) is 14.3. The van der Waals surface area contributed by atoms with Crippen molar-refractivity contribution in [1.82, 2.24) is 5.32 Å². The third kappa shape index (κ3) is 3.83. The Morgan fingerprint density at radius 3 is 2.62 bits per heavy atom. The molecule has 0 spiro atoms. The van der Waals surface area contributed by atoms with Gasteiger partial charge in [-0.1, -0.05) is 24.3 Å². The molecule has 7 heteroatoms. The van der Waals surface area contributed by atoms with Gasteiger partial charge in [0, 0.05) is 17.9 Å². The zero-order chi connectivity index (χ0) is 18.5. The summed E-state index contributed by atoms with van der Waals surface area (Å²) in [4.78, 5) is 37.9. The molecule has 3 amide bonds. The number of carbonyl (C=O) groups excluding carboxylic acids is 3. The van der Waals surface area contributed by atoms with E-state index < -0.39 is 18.0 Å². The second-order valence-electron chi connectivity index (χ2n) is 5.84. The molecular formula is C19H19N3O4. The van der Waals surface area contributed by atoms with Gasteiger partial charge in [0.15, 0.2) is 0 Å². The quantitative estimate of drug-likeness (QED) is 0.826. The minimum atomic E-state index is -0.584. The van der Waals surface area contributed by atoms with Gasteiger partial charge < -0.3 is 20.3 Å². The molecule has 2 aromatic rings. The van der Waals surface area contributed by atoms with Gasteiger partial charge in [-0.25, -0.2) is 9.59 Å². The molecule has 0 unspecified atom stereocenters. The zero-order valence-electron chi connectivity index (χ0n) is 14.3. The average Bonchev–Trinajstić information content (AvgIpc) is 3.02. The minimum Gasteiger partial charge on any atom is -0.465 e. The number of amides is 3. The van der Waals surface area contributed by atoms with E-state index in [1.54, 1.807) is 23.1 Å². The lowest BCUT2D eigenvalue weighted by Gasteiger charge is -2.17. The SMILES string of the molecule is COC(=O)c1cccc(NC(=O)N[C@@H]2CCN(c3ccccc3)C2=O)c1. The summed E-state index contributed by atoms with van der Waals surface area (Å²) in [7, 11) is 1.29. The standard InChI is InChI=1S/C19H19N3O4/c1-26-18(24)13-6-5-7-14(12-13)20-19(25)21-16-10-11-22(17(16)23)15-8-3-2-4-9-15/h2-9,12,16H,10-11H2,1H3,(H2,20,21,25)/t16-/m1/s1. The number of anilines is 2. The van der Waals surface area contributed by atoms with E-state index in [0.29, 0.717) is 24.2 Å². The molecule has 0 bridgehead atoms. The number of carbonyl (C=O) groups is 3. The molecule has 1 aliphatic rings. The largest absolute Gasteiger partial charge is 0.465 e.